The van der Waals surface area contributed by atoms with Crippen molar-refractivity contribution in [1.82, 2.24) is 0 Å². The Morgan fingerprint density at radius 1 is 0.667 bits per heavy atom. The molecule has 0 amide bonds. The molecular weight excluding hydrogens is 753 g/mol. The van der Waals surface area contributed by atoms with Gasteiger partial charge in [0.2, 0.25) is 0 Å². The predicted octanol–water partition coefficient (Wildman–Crippen LogP) is 9.24. The van der Waals surface area contributed by atoms with E-state index in [0.29, 0.717) is 13.0 Å². The van der Waals surface area contributed by atoms with Crippen molar-refractivity contribution in [2.75, 3.05) is 26.4 Å². The second-order valence-electron chi connectivity index (χ2n) is 15.6. The van der Waals surface area contributed by atoms with Crippen LogP contribution in [0.15, 0.2) is 24.3 Å². The van der Waals surface area contributed by atoms with Crippen LogP contribution in [0.4, 0.5) is 0 Å². The highest BCUT2D eigenvalue weighted by molar-refractivity contribution is 7.80. The van der Waals surface area contributed by atoms with Gasteiger partial charge < -0.3 is 34.3 Å². The second kappa shape index (κ2) is 36.4. The van der Waals surface area contributed by atoms with Crippen LogP contribution in [0.25, 0.3) is 0 Å². The predicted molar refractivity (Wildman–Crippen MR) is 225 cm³/mol. The zero-order valence-corrected chi connectivity index (χ0v) is 36.5. The van der Waals surface area contributed by atoms with Crippen molar-refractivity contribution >= 4 is 16.4 Å². The number of aliphatic hydroxyl groups is 3. The lowest BCUT2D eigenvalue weighted by molar-refractivity contribution is -0.301. The number of esters is 1. The van der Waals surface area contributed by atoms with Gasteiger partial charge in [-0.2, -0.15) is 8.42 Å². The first-order valence-corrected chi connectivity index (χ1v) is 24.0. The van der Waals surface area contributed by atoms with Gasteiger partial charge in [-0.1, -0.05) is 160 Å². The number of ether oxygens (including phenoxy) is 4. The lowest BCUT2D eigenvalue weighted by atomic mass is 9.99. The number of carbonyl (C=O) groups is 1. The van der Waals surface area contributed by atoms with Crippen molar-refractivity contribution in [3.8, 4) is 0 Å². The van der Waals surface area contributed by atoms with Crippen molar-refractivity contribution in [2.45, 2.75) is 224 Å². The van der Waals surface area contributed by atoms with Gasteiger partial charge in [0.25, 0.3) is 0 Å². The Labute approximate surface area is 346 Å². The molecule has 13 heteroatoms. The van der Waals surface area contributed by atoms with Crippen molar-refractivity contribution in [3.05, 3.63) is 24.3 Å². The van der Waals surface area contributed by atoms with E-state index in [2.05, 4.69) is 42.3 Å². The molecule has 1 fully saturated rings. The number of hydrogen-bond donors (Lipinski definition) is 4. The number of hydrogen-bond acceptors (Lipinski definition) is 11. The minimum absolute atomic E-state index is 0.0374. The van der Waals surface area contributed by atoms with E-state index in [1.807, 2.05) is 0 Å². The Morgan fingerprint density at radius 3 is 1.67 bits per heavy atom. The molecule has 0 aromatic carbocycles. The first-order chi connectivity index (χ1) is 27.6. The normalized spacial score (nSPS) is 20.8. The summed E-state index contributed by atoms with van der Waals surface area (Å²) in [6.07, 6.45) is 31.0. The summed E-state index contributed by atoms with van der Waals surface area (Å²) in [5.74, 6) is -0.402. The van der Waals surface area contributed by atoms with E-state index in [1.165, 1.54) is 116 Å². The molecule has 1 heterocycles. The van der Waals surface area contributed by atoms with Crippen molar-refractivity contribution in [3.63, 3.8) is 0 Å². The summed E-state index contributed by atoms with van der Waals surface area (Å²) >= 11 is 0. The quantitative estimate of drug-likeness (QED) is 0.0200. The molecule has 1 saturated heterocycles. The Hall–Kier alpha value is -1.42. The van der Waals surface area contributed by atoms with Crippen LogP contribution in [0.1, 0.15) is 187 Å². The van der Waals surface area contributed by atoms with Gasteiger partial charge in [-0.15, -0.1) is 0 Å². The Balaban J connectivity index is 2.30. The Morgan fingerprint density at radius 2 is 1.16 bits per heavy atom. The Bertz CT molecular complexity index is 1100. The maximum absolute atomic E-state index is 12.8. The molecule has 6 unspecified atom stereocenters. The third kappa shape index (κ3) is 30.3. The average molecular weight is 835 g/mol. The van der Waals surface area contributed by atoms with Gasteiger partial charge in [0.15, 0.2) is 6.29 Å². The van der Waals surface area contributed by atoms with Crippen LogP contribution < -0.4 is 0 Å². The van der Waals surface area contributed by atoms with Gasteiger partial charge in [-0.25, -0.2) is 4.18 Å². The van der Waals surface area contributed by atoms with E-state index < -0.39 is 59.8 Å². The lowest BCUT2D eigenvalue weighted by Crippen LogP contribution is -2.60. The smallest absolute Gasteiger partial charge is 0.397 e. The van der Waals surface area contributed by atoms with Gasteiger partial charge in [0, 0.05) is 13.0 Å². The summed E-state index contributed by atoms with van der Waals surface area (Å²) in [4.78, 5) is 12.8. The van der Waals surface area contributed by atoms with Crippen LogP contribution in [0.5, 0.6) is 0 Å². The first kappa shape index (κ1) is 53.6. The molecule has 4 N–H and O–H groups in total. The number of carbonyl (C=O) groups excluding carboxylic acids is 1. The molecule has 0 aromatic heterocycles. The van der Waals surface area contributed by atoms with E-state index in [1.54, 1.807) is 0 Å². The van der Waals surface area contributed by atoms with Crippen LogP contribution in [0.3, 0.4) is 0 Å². The minimum Gasteiger partial charge on any atom is -0.457 e. The summed E-state index contributed by atoms with van der Waals surface area (Å²) < 4.78 is 58.8. The lowest BCUT2D eigenvalue weighted by Gasteiger charge is -2.41. The number of rotatable bonds is 39. The summed E-state index contributed by atoms with van der Waals surface area (Å²) in [7, 11) is -5.05. The molecule has 0 saturated carbocycles. The topological polar surface area (TPSA) is 178 Å². The molecule has 336 valence electrons. The molecule has 0 radical (unpaired) electrons. The highest BCUT2D eigenvalue weighted by atomic mass is 32.3. The molecule has 0 aliphatic carbocycles. The summed E-state index contributed by atoms with van der Waals surface area (Å²) in [5, 5.41) is 30.5. The maximum atomic E-state index is 12.8. The van der Waals surface area contributed by atoms with E-state index in [-0.39, 0.29) is 19.6 Å². The summed E-state index contributed by atoms with van der Waals surface area (Å²) in [5.41, 5.74) is 0. The van der Waals surface area contributed by atoms with E-state index >= 15 is 0 Å². The molecular formula is C44H82O12S. The fourth-order valence-electron chi connectivity index (χ4n) is 6.88. The molecule has 57 heavy (non-hydrogen) atoms. The van der Waals surface area contributed by atoms with Gasteiger partial charge in [0.1, 0.15) is 30.5 Å². The molecule has 1 aliphatic heterocycles. The summed E-state index contributed by atoms with van der Waals surface area (Å²) in [6, 6.07) is 0. The van der Waals surface area contributed by atoms with Gasteiger partial charge in [-0.3, -0.25) is 9.35 Å². The zero-order valence-electron chi connectivity index (χ0n) is 35.7. The van der Waals surface area contributed by atoms with Gasteiger partial charge in [-0.05, 0) is 44.9 Å². The number of allylic oxidation sites excluding steroid dienone is 4. The van der Waals surface area contributed by atoms with Crippen LogP contribution in [0.2, 0.25) is 0 Å². The number of unbranched alkanes of at least 4 members (excludes halogenated alkanes) is 22. The van der Waals surface area contributed by atoms with Crippen LogP contribution in [0, 0.1) is 0 Å². The molecule has 6 atom stereocenters. The van der Waals surface area contributed by atoms with Crippen LogP contribution in [-0.2, 0) is 38.3 Å². The minimum atomic E-state index is -5.05. The van der Waals surface area contributed by atoms with Gasteiger partial charge >= 0.3 is 16.4 Å². The molecule has 0 aromatic rings. The van der Waals surface area contributed by atoms with E-state index in [4.69, 9.17) is 23.5 Å². The first-order valence-electron chi connectivity index (χ1n) is 22.6. The third-order valence-corrected chi connectivity index (χ3v) is 10.8. The third-order valence-electron chi connectivity index (χ3n) is 10.3. The van der Waals surface area contributed by atoms with Crippen LogP contribution >= 0.6 is 0 Å². The standard InChI is InChI=1S/C44H82O12S/c1-3-5-7-9-11-12-13-14-15-16-17-18-19-20-21-22-23-24-25-26-27-29-31-33-40(46)54-38(36-52-34-32-30-28-10-8-6-4-2)37-53-44-42(48)43(56-57(49,50)51)41(47)39(35-45)55-44/h13-14,16-17,38-39,41-45,47-48H,3-12,15,18-37H2,1-2H3,(H,49,50,51)/b14-13-,17-16-. The highest BCUT2D eigenvalue weighted by Crippen LogP contribution is 2.26. The van der Waals surface area contributed by atoms with Crippen LogP contribution in [-0.4, -0.2) is 97.5 Å². The Kier molecular flexibility index (Phi) is 34.3. The molecule has 1 aliphatic rings. The molecule has 12 nitrogen and oxygen atoms in total. The second-order valence-corrected chi connectivity index (χ2v) is 16.7. The van der Waals surface area contributed by atoms with Gasteiger partial charge in [0.05, 0.1) is 19.8 Å². The largest absolute Gasteiger partial charge is 0.457 e. The molecule has 0 bridgehead atoms. The fraction of sp³-hybridized carbons (Fsp3) is 0.886. The fourth-order valence-corrected chi connectivity index (χ4v) is 7.39. The molecule has 1 rings (SSSR count). The number of aliphatic hydroxyl groups excluding tert-OH is 3. The zero-order chi connectivity index (χ0) is 41.8. The van der Waals surface area contributed by atoms with E-state index in [9.17, 15) is 28.5 Å². The SMILES string of the molecule is CCCCCCC/C=C\C/C=C\CCCCCCCCCCCCCC(=O)OC(COCCCCCCCCC)COC1OC(CO)C(O)C(OS(=O)(=O)O)C1O. The summed E-state index contributed by atoms with van der Waals surface area (Å²) in [6.45, 7) is 3.94. The average Bonchev–Trinajstić information content (AvgIpc) is 3.18. The monoisotopic (exact) mass is 835 g/mol. The molecule has 0 spiro atoms. The highest BCUT2D eigenvalue weighted by Gasteiger charge is 2.48. The van der Waals surface area contributed by atoms with Crippen molar-refractivity contribution < 1.29 is 56.2 Å². The maximum Gasteiger partial charge on any atom is 0.397 e. The van der Waals surface area contributed by atoms with E-state index in [0.717, 1.165) is 44.9 Å². The van der Waals surface area contributed by atoms with Crippen molar-refractivity contribution in [1.29, 1.82) is 0 Å². The van der Waals surface area contributed by atoms with Crippen molar-refractivity contribution in [2.24, 2.45) is 0 Å².